The maximum Gasteiger partial charge on any atom is 0.411 e. The zero-order valence-corrected chi connectivity index (χ0v) is 17.4. The molecule has 3 aromatic rings. The highest BCUT2D eigenvalue weighted by Crippen LogP contribution is 2.39. The van der Waals surface area contributed by atoms with E-state index >= 15 is 0 Å². The maximum atomic E-state index is 13.4. The van der Waals surface area contributed by atoms with Crippen LogP contribution in [-0.2, 0) is 10.3 Å². The largest absolute Gasteiger partial charge is 0.438 e. The third kappa shape index (κ3) is 4.30. The summed E-state index contributed by atoms with van der Waals surface area (Å²) in [5.41, 5.74) is 2.65. The van der Waals surface area contributed by atoms with Crippen LogP contribution in [0.15, 0.2) is 72.9 Å². The zero-order valence-electron chi connectivity index (χ0n) is 17.4. The molecule has 5 nitrogen and oxygen atoms in total. The topological polar surface area (TPSA) is 62.7 Å². The summed E-state index contributed by atoms with van der Waals surface area (Å²) in [6.45, 7) is 2.31. The molecular formula is C25H25FN2O3. The highest BCUT2D eigenvalue weighted by molar-refractivity contribution is 5.70. The third-order valence-electron chi connectivity index (χ3n) is 5.98. The standard InChI is InChI=1S/C25H25FN2O3/c1-18(19-5-7-20(8-6-19)23-4-2-3-15-27-23)28-16-13-25(14-17-29,31-24(28)30)21-9-11-22(26)12-10-21/h2-12,15,18,29H,13-14,16-17H2,1H3/t18?,25-/m0/s1. The number of halogens is 1. The van der Waals surface area contributed by atoms with Gasteiger partial charge in [-0.05, 0) is 42.3 Å². The van der Waals surface area contributed by atoms with E-state index in [2.05, 4.69) is 4.98 Å². The van der Waals surface area contributed by atoms with E-state index in [-0.39, 0.29) is 24.9 Å². The molecule has 2 aromatic carbocycles. The van der Waals surface area contributed by atoms with Crippen molar-refractivity contribution in [1.29, 1.82) is 0 Å². The minimum atomic E-state index is -0.946. The normalized spacial score (nSPS) is 19.7. The Hall–Kier alpha value is -3.25. The Labute approximate surface area is 181 Å². The fourth-order valence-corrected chi connectivity index (χ4v) is 4.12. The fraction of sp³-hybridized carbons (Fsp3) is 0.280. The van der Waals surface area contributed by atoms with Crippen molar-refractivity contribution < 1.29 is 19.0 Å². The summed E-state index contributed by atoms with van der Waals surface area (Å²) in [6, 6.07) is 19.5. The average molecular weight is 420 g/mol. The molecule has 6 heteroatoms. The van der Waals surface area contributed by atoms with Crippen LogP contribution in [0.1, 0.15) is 36.9 Å². The van der Waals surface area contributed by atoms with Gasteiger partial charge in [-0.15, -0.1) is 0 Å². The SMILES string of the molecule is CC(c1ccc(-c2ccccn2)cc1)N1CC[C@](CCO)(c2ccc(F)cc2)OC1=O. The molecule has 1 saturated heterocycles. The Kier molecular flexibility index (Phi) is 6.00. The molecule has 4 rings (SSSR count). The lowest BCUT2D eigenvalue weighted by molar-refractivity contribution is -0.0718. The molecular weight excluding hydrogens is 395 g/mol. The van der Waals surface area contributed by atoms with E-state index in [4.69, 9.17) is 4.74 Å². The Morgan fingerprint density at radius 3 is 2.48 bits per heavy atom. The summed E-state index contributed by atoms with van der Waals surface area (Å²) < 4.78 is 19.2. The van der Waals surface area contributed by atoms with Gasteiger partial charge in [0.25, 0.3) is 0 Å². The number of pyridine rings is 1. The molecule has 1 unspecified atom stereocenters. The van der Waals surface area contributed by atoms with Crippen LogP contribution in [0, 0.1) is 5.82 Å². The minimum absolute atomic E-state index is 0.130. The number of aliphatic hydroxyl groups excluding tert-OH is 1. The summed E-state index contributed by atoms with van der Waals surface area (Å²) >= 11 is 0. The van der Waals surface area contributed by atoms with Gasteiger partial charge in [0, 0.05) is 37.8 Å². The highest BCUT2D eigenvalue weighted by Gasteiger charge is 2.43. The molecule has 160 valence electrons. The third-order valence-corrected chi connectivity index (χ3v) is 5.98. The van der Waals surface area contributed by atoms with Crippen molar-refractivity contribution in [3.05, 3.63) is 89.9 Å². The first-order chi connectivity index (χ1) is 15.0. The first kappa shape index (κ1) is 21.0. The van der Waals surface area contributed by atoms with E-state index < -0.39 is 11.7 Å². The van der Waals surface area contributed by atoms with Crippen LogP contribution in [0.2, 0.25) is 0 Å². The predicted molar refractivity (Wildman–Crippen MR) is 116 cm³/mol. The van der Waals surface area contributed by atoms with Gasteiger partial charge in [-0.2, -0.15) is 0 Å². The van der Waals surface area contributed by atoms with Gasteiger partial charge >= 0.3 is 6.09 Å². The van der Waals surface area contributed by atoms with Crippen LogP contribution in [0.5, 0.6) is 0 Å². The number of hydrogen-bond acceptors (Lipinski definition) is 4. The van der Waals surface area contributed by atoms with E-state index in [1.165, 1.54) is 12.1 Å². The van der Waals surface area contributed by atoms with Crippen molar-refractivity contribution in [3.8, 4) is 11.3 Å². The molecule has 0 spiro atoms. The lowest BCUT2D eigenvalue weighted by atomic mass is 9.85. The lowest BCUT2D eigenvalue weighted by Gasteiger charge is -2.43. The fourth-order valence-electron chi connectivity index (χ4n) is 4.12. The molecule has 0 radical (unpaired) electrons. The molecule has 0 bridgehead atoms. The molecule has 0 saturated carbocycles. The second-order valence-electron chi connectivity index (χ2n) is 7.80. The van der Waals surface area contributed by atoms with Gasteiger partial charge in [-0.25, -0.2) is 9.18 Å². The van der Waals surface area contributed by atoms with E-state index in [1.54, 1.807) is 23.2 Å². The summed E-state index contributed by atoms with van der Waals surface area (Å²) in [5, 5.41) is 9.57. The number of ether oxygens (including phenoxy) is 1. The van der Waals surface area contributed by atoms with Gasteiger partial charge in [0.05, 0.1) is 11.7 Å². The number of aromatic nitrogens is 1. The van der Waals surface area contributed by atoms with Crippen molar-refractivity contribution in [1.82, 2.24) is 9.88 Å². The predicted octanol–water partition coefficient (Wildman–Crippen LogP) is 5.07. The number of nitrogens with zero attached hydrogens (tertiary/aromatic N) is 2. The van der Waals surface area contributed by atoms with E-state index in [0.717, 1.165) is 16.8 Å². The van der Waals surface area contributed by atoms with Crippen LogP contribution < -0.4 is 0 Å². The van der Waals surface area contributed by atoms with Gasteiger partial charge in [-0.1, -0.05) is 42.5 Å². The zero-order chi connectivity index (χ0) is 21.8. The second-order valence-corrected chi connectivity index (χ2v) is 7.80. The molecule has 1 amide bonds. The van der Waals surface area contributed by atoms with Gasteiger partial charge in [-0.3, -0.25) is 4.98 Å². The number of carbonyl (C=O) groups excluding carboxylic acids is 1. The average Bonchev–Trinajstić information content (AvgIpc) is 2.80. The Bertz CT molecular complexity index is 1020. The van der Waals surface area contributed by atoms with E-state index in [1.807, 2.05) is 49.4 Å². The summed E-state index contributed by atoms with van der Waals surface area (Å²) in [4.78, 5) is 19.0. The molecule has 1 aliphatic heterocycles. The number of benzene rings is 2. The number of cyclic esters (lactones) is 1. The molecule has 2 heterocycles. The van der Waals surface area contributed by atoms with Crippen molar-refractivity contribution in [2.45, 2.75) is 31.4 Å². The minimum Gasteiger partial charge on any atom is -0.438 e. The molecule has 0 aliphatic carbocycles. The van der Waals surface area contributed by atoms with Crippen LogP contribution in [0.25, 0.3) is 11.3 Å². The van der Waals surface area contributed by atoms with Crippen molar-refractivity contribution in [3.63, 3.8) is 0 Å². The Morgan fingerprint density at radius 1 is 1.13 bits per heavy atom. The summed E-state index contributed by atoms with van der Waals surface area (Å²) in [5.74, 6) is -0.352. The summed E-state index contributed by atoms with van der Waals surface area (Å²) in [7, 11) is 0. The van der Waals surface area contributed by atoms with E-state index in [0.29, 0.717) is 18.5 Å². The highest BCUT2D eigenvalue weighted by atomic mass is 19.1. The molecule has 31 heavy (non-hydrogen) atoms. The van der Waals surface area contributed by atoms with Crippen molar-refractivity contribution in [2.24, 2.45) is 0 Å². The van der Waals surface area contributed by atoms with Crippen LogP contribution >= 0.6 is 0 Å². The smallest absolute Gasteiger partial charge is 0.411 e. The summed E-state index contributed by atoms with van der Waals surface area (Å²) in [6.07, 6.45) is 2.10. The first-order valence-corrected chi connectivity index (χ1v) is 10.4. The second kappa shape index (κ2) is 8.86. The molecule has 1 aromatic heterocycles. The number of amides is 1. The monoisotopic (exact) mass is 420 g/mol. The van der Waals surface area contributed by atoms with Gasteiger partial charge < -0.3 is 14.7 Å². The Balaban J connectivity index is 1.51. The van der Waals surface area contributed by atoms with Crippen LogP contribution in [-0.4, -0.2) is 34.2 Å². The lowest BCUT2D eigenvalue weighted by Crippen LogP contribution is -2.49. The van der Waals surface area contributed by atoms with Gasteiger partial charge in [0.2, 0.25) is 0 Å². The van der Waals surface area contributed by atoms with Crippen LogP contribution in [0.4, 0.5) is 9.18 Å². The number of hydrogen-bond donors (Lipinski definition) is 1. The molecule has 2 atom stereocenters. The maximum absolute atomic E-state index is 13.4. The molecule has 1 aliphatic rings. The molecule has 1 N–H and O–H groups in total. The quantitative estimate of drug-likeness (QED) is 0.605. The van der Waals surface area contributed by atoms with Gasteiger partial charge in [0.1, 0.15) is 11.4 Å². The molecule has 1 fully saturated rings. The van der Waals surface area contributed by atoms with Crippen molar-refractivity contribution >= 4 is 6.09 Å². The number of carbonyl (C=O) groups is 1. The van der Waals surface area contributed by atoms with Gasteiger partial charge in [0.15, 0.2) is 0 Å². The Morgan fingerprint density at radius 2 is 1.87 bits per heavy atom. The number of aliphatic hydroxyl groups is 1. The van der Waals surface area contributed by atoms with Crippen LogP contribution in [0.3, 0.4) is 0 Å². The first-order valence-electron chi connectivity index (χ1n) is 10.4. The van der Waals surface area contributed by atoms with E-state index in [9.17, 15) is 14.3 Å². The number of rotatable bonds is 6. The van der Waals surface area contributed by atoms with Crippen molar-refractivity contribution in [2.75, 3.05) is 13.2 Å².